The molecule has 0 spiro atoms. The summed E-state index contributed by atoms with van der Waals surface area (Å²) < 4.78 is 0. The maximum absolute atomic E-state index is 7.86. The molecule has 0 aliphatic rings. The highest BCUT2D eigenvalue weighted by molar-refractivity contribution is 6.32. The highest BCUT2D eigenvalue weighted by atomic mass is 35.5. The van der Waals surface area contributed by atoms with Crippen molar-refractivity contribution in [2.75, 3.05) is 71.2 Å². The molecule has 30 nitrogen and oxygen atoms in total. The third-order valence-corrected chi connectivity index (χ3v) is 14.8. The van der Waals surface area contributed by atoms with Gasteiger partial charge in [-0.1, -0.05) is 108 Å². The minimum atomic E-state index is -0.00148. The predicted octanol–water partition coefficient (Wildman–Crippen LogP) is 12.5. The van der Waals surface area contributed by atoms with Crippen LogP contribution in [0.25, 0.3) is 0 Å². The van der Waals surface area contributed by atoms with Gasteiger partial charge in [-0.2, -0.15) is 0 Å². The number of nitrogens with one attached hydrogen (secondary N) is 30. The first kappa shape index (κ1) is 83.9. The fourth-order valence-corrected chi connectivity index (χ4v) is 9.11. The van der Waals surface area contributed by atoms with E-state index in [4.69, 9.17) is 135 Å². The summed E-state index contributed by atoms with van der Waals surface area (Å²) in [4.78, 5) is 0. The molecule has 36 heteroatoms. The third kappa shape index (κ3) is 41.2. The molecule has 0 fully saturated rings. The molecule has 0 aliphatic carbocycles. The fourth-order valence-electron chi connectivity index (χ4n) is 8.36. The number of unbranched alkanes of at least 4 members (excludes halogenated alkanes) is 9. The highest BCUT2D eigenvalue weighted by Crippen LogP contribution is 2.18. The Morgan fingerprint density at radius 1 is 0.176 bits per heavy atom. The molecule has 0 amide bonds. The Hall–Kier alpha value is -10.5. The lowest BCUT2D eigenvalue weighted by molar-refractivity contribution is 0.619. The van der Waals surface area contributed by atoms with Gasteiger partial charge in [-0.15, -0.1) is 0 Å². The number of rotatable bonds is 27. The quantitative estimate of drug-likeness (QED) is 0.0129. The van der Waals surface area contributed by atoms with Gasteiger partial charge in [-0.3, -0.25) is 96.8 Å². The third-order valence-electron chi connectivity index (χ3n) is 13.3. The number of hydrogen-bond acceptors (Lipinski definition) is 12. The van der Waals surface area contributed by atoms with Crippen LogP contribution in [-0.2, 0) is 0 Å². The van der Waals surface area contributed by atoms with E-state index in [0.29, 0.717) is 104 Å². The number of hydrogen-bond donors (Lipinski definition) is 30. The van der Waals surface area contributed by atoms with E-state index >= 15 is 0 Å². The Balaban J connectivity index is 0.000000324. The first-order chi connectivity index (χ1) is 48.9. The Bertz CT molecular complexity index is 3020. The lowest BCUT2D eigenvalue weighted by Crippen LogP contribution is -2.43. The van der Waals surface area contributed by atoms with Gasteiger partial charge < -0.3 is 63.8 Å². The Labute approximate surface area is 624 Å². The molecule has 6 aromatic carbocycles. The number of anilines is 6. The first-order valence-electron chi connectivity index (χ1n) is 32.2. The summed E-state index contributed by atoms with van der Waals surface area (Å²) in [5, 5.41) is 148. The molecular weight excluding hydrogens is 1430 g/mol. The maximum Gasteiger partial charge on any atom is 0.199 e. The summed E-state index contributed by atoms with van der Waals surface area (Å²) in [6.45, 7) is 3.74. The van der Waals surface area contributed by atoms with Crippen LogP contribution in [0.4, 0.5) is 34.1 Å². The van der Waals surface area contributed by atoms with Crippen molar-refractivity contribution in [3.05, 3.63) is 176 Å². The Kier molecular flexibility index (Phi) is 40.4. The molecule has 0 unspecified atom stereocenters. The van der Waals surface area contributed by atoms with Crippen molar-refractivity contribution in [1.29, 1.82) is 64.9 Å². The molecule has 30 N–H and O–H groups in total. The normalized spacial score (nSPS) is 10.1. The van der Waals surface area contributed by atoms with Crippen molar-refractivity contribution >= 4 is 175 Å². The Morgan fingerprint density at radius 2 is 0.294 bits per heavy atom. The number of guanidine groups is 12. The van der Waals surface area contributed by atoms with Crippen LogP contribution < -0.4 is 95.7 Å². The van der Waals surface area contributed by atoms with E-state index in [1.54, 1.807) is 146 Å². The van der Waals surface area contributed by atoms with Crippen molar-refractivity contribution < 1.29 is 0 Å². The monoisotopic (exact) mass is 1510 g/mol. The summed E-state index contributed by atoms with van der Waals surface area (Å²) >= 11 is 35.0. The van der Waals surface area contributed by atoms with Gasteiger partial charge in [0, 0.05) is 104 Å². The molecule has 546 valence electrons. The smallest absolute Gasteiger partial charge is 0.199 e. The second-order valence-corrected chi connectivity index (χ2v) is 24.5. The van der Waals surface area contributed by atoms with E-state index in [9.17, 15) is 0 Å². The molecule has 0 heterocycles. The van der Waals surface area contributed by atoms with Gasteiger partial charge in [0.05, 0.1) is 0 Å². The molecule has 6 rings (SSSR count). The molecule has 0 saturated heterocycles. The van der Waals surface area contributed by atoms with Crippen molar-refractivity contribution in [2.24, 2.45) is 0 Å². The van der Waals surface area contributed by atoms with E-state index in [-0.39, 0.29) is 71.5 Å². The average Bonchev–Trinajstić information content (AvgIpc) is 0.992. The van der Waals surface area contributed by atoms with E-state index in [2.05, 4.69) is 95.7 Å². The highest BCUT2D eigenvalue weighted by Gasteiger charge is 2.09. The largest absolute Gasteiger partial charge is 0.356 e. The fraction of sp³-hybridized carbons (Fsp3) is 0.273. The summed E-state index contributed by atoms with van der Waals surface area (Å²) in [6.07, 6.45) is 11.1. The first-order valence-corrected chi connectivity index (χ1v) is 34.5. The lowest BCUT2D eigenvalue weighted by Gasteiger charge is -2.13. The molecule has 0 saturated carbocycles. The zero-order chi connectivity index (χ0) is 74.3. The van der Waals surface area contributed by atoms with Gasteiger partial charge >= 0.3 is 0 Å². The topological polar surface area (TPSA) is 503 Å². The molecule has 6 aromatic rings. The van der Waals surface area contributed by atoms with Crippen molar-refractivity contribution in [2.45, 2.75) is 77.0 Å². The van der Waals surface area contributed by atoms with Crippen LogP contribution in [0, 0.1) is 64.9 Å². The van der Waals surface area contributed by atoms with E-state index < -0.39 is 0 Å². The van der Waals surface area contributed by atoms with Crippen LogP contribution in [0.3, 0.4) is 0 Å². The summed E-state index contributed by atoms with van der Waals surface area (Å²) in [6, 6.07) is 41.7. The number of benzene rings is 6. The zero-order valence-electron chi connectivity index (χ0n) is 55.9. The van der Waals surface area contributed by atoms with Gasteiger partial charge in [-0.25, -0.2) is 0 Å². The van der Waals surface area contributed by atoms with E-state index in [1.807, 2.05) is 0 Å². The lowest BCUT2D eigenvalue weighted by atomic mass is 10.2. The molecule has 0 atom stereocenters. The standard InChI is InChI=1S/3C22H30Cl2N10/c3*23-15-5-9-17(10-6-15)31-21(27)33-19(25)29-13-3-1-2-4-14-30-20(26)34-22(28)32-18-11-7-16(24)8-12-18/h3*5-12H,1-4,13-14H2,(H5,25,27,29,31,33)(H5,26,28,30,32,34). The van der Waals surface area contributed by atoms with Crippen LogP contribution in [0.2, 0.25) is 30.1 Å². The van der Waals surface area contributed by atoms with Gasteiger partial charge in [0.1, 0.15) is 0 Å². The van der Waals surface area contributed by atoms with Crippen LogP contribution >= 0.6 is 69.6 Å². The molecule has 0 bridgehead atoms. The van der Waals surface area contributed by atoms with Crippen LogP contribution in [0.1, 0.15) is 77.0 Å². The molecular formula is C66H90Cl6N30. The number of halogens is 6. The zero-order valence-corrected chi connectivity index (χ0v) is 60.4. The van der Waals surface area contributed by atoms with Crippen LogP contribution in [0.5, 0.6) is 0 Å². The van der Waals surface area contributed by atoms with Crippen molar-refractivity contribution in [3.8, 4) is 0 Å². The molecule has 0 aliphatic heterocycles. The summed E-state index contributed by atoms with van der Waals surface area (Å²) in [5.74, 6) is 0.337. The van der Waals surface area contributed by atoms with Gasteiger partial charge in [-0.05, 0) is 184 Å². The van der Waals surface area contributed by atoms with Gasteiger partial charge in [0.25, 0.3) is 0 Å². The minimum absolute atomic E-state index is 0.00148. The maximum atomic E-state index is 7.86. The summed E-state index contributed by atoms with van der Waals surface area (Å²) in [5.41, 5.74) is 4.26. The SMILES string of the molecule is N=C(NCCCCCCNC(=N)NC(=N)Nc1ccc(Cl)cc1)NC(=N)Nc1ccc(Cl)cc1.N=C(NCCCCCCNC(=N)NC(=N)Nc1ccc(Cl)cc1)NC(=N)Nc1ccc(Cl)cc1.N=C(NCCCCCCNC(=N)NC(=N)Nc1ccc(Cl)cc1)NC(=N)Nc1ccc(Cl)cc1. The minimum Gasteiger partial charge on any atom is -0.356 e. The second kappa shape index (κ2) is 49.1. The molecule has 0 radical (unpaired) electrons. The predicted molar refractivity (Wildman–Crippen MR) is 425 cm³/mol. The van der Waals surface area contributed by atoms with Crippen LogP contribution in [-0.4, -0.2) is 111 Å². The van der Waals surface area contributed by atoms with E-state index in [0.717, 1.165) is 77.0 Å². The molecule has 102 heavy (non-hydrogen) atoms. The molecule has 0 aromatic heterocycles. The van der Waals surface area contributed by atoms with Gasteiger partial charge in [0.15, 0.2) is 71.5 Å². The summed E-state index contributed by atoms with van der Waals surface area (Å²) in [7, 11) is 0. The van der Waals surface area contributed by atoms with Gasteiger partial charge in [0.2, 0.25) is 0 Å². The van der Waals surface area contributed by atoms with E-state index in [1.165, 1.54) is 0 Å². The second-order valence-electron chi connectivity index (χ2n) is 21.8. The van der Waals surface area contributed by atoms with Crippen molar-refractivity contribution in [3.63, 3.8) is 0 Å². The van der Waals surface area contributed by atoms with Crippen LogP contribution in [0.15, 0.2) is 146 Å². The Morgan fingerprint density at radius 3 is 0.412 bits per heavy atom. The van der Waals surface area contributed by atoms with Crippen molar-refractivity contribution in [1.82, 2.24) is 63.8 Å². The average molecular weight is 1520 g/mol.